The maximum atomic E-state index is 13.6. The number of hydrogen-bond donors (Lipinski definition) is 0. The summed E-state index contributed by atoms with van der Waals surface area (Å²) in [6.45, 7) is 0.369. The molecule has 0 radical (unpaired) electrons. The Morgan fingerprint density at radius 1 is 1.12 bits per heavy atom. The number of ether oxygens (including phenoxy) is 2. The van der Waals surface area contributed by atoms with Crippen molar-refractivity contribution in [3.05, 3.63) is 91.5 Å². The molecule has 0 N–H and O–H groups in total. The maximum absolute atomic E-state index is 13.6. The summed E-state index contributed by atoms with van der Waals surface area (Å²) >= 11 is 13.5. The number of nitrogens with zero attached hydrogens (tertiary/aromatic N) is 1. The summed E-state index contributed by atoms with van der Waals surface area (Å²) in [7, 11) is 1.56. The van der Waals surface area contributed by atoms with Gasteiger partial charge in [0.15, 0.2) is 15.8 Å². The van der Waals surface area contributed by atoms with Crippen LogP contribution < -0.4 is 14.4 Å². The van der Waals surface area contributed by atoms with Gasteiger partial charge in [-0.05, 0) is 75.6 Å². The quantitative estimate of drug-likeness (QED) is 0.216. The van der Waals surface area contributed by atoms with Crippen LogP contribution in [0.5, 0.6) is 11.5 Å². The first-order valence-corrected chi connectivity index (χ1v) is 12.4. The normalized spacial score (nSPS) is 14.8. The van der Waals surface area contributed by atoms with Crippen molar-refractivity contribution in [2.24, 2.45) is 0 Å². The van der Waals surface area contributed by atoms with Crippen molar-refractivity contribution in [2.45, 2.75) is 6.61 Å². The SMILES string of the molecule is COc1cc(/C=C2\SC(=S)N(c3cccc(F)c3)C2=O)cc(Br)c1OCc1ccc(Br)cc1. The highest BCUT2D eigenvalue weighted by molar-refractivity contribution is 9.10. The van der Waals surface area contributed by atoms with E-state index in [0.29, 0.717) is 37.5 Å². The topological polar surface area (TPSA) is 38.8 Å². The summed E-state index contributed by atoms with van der Waals surface area (Å²) in [6.07, 6.45) is 1.73. The Kier molecular flexibility index (Phi) is 7.53. The third-order valence-corrected chi connectivity index (χ3v) is 7.13. The molecule has 0 aromatic heterocycles. The van der Waals surface area contributed by atoms with Gasteiger partial charge in [-0.3, -0.25) is 9.69 Å². The molecule has 9 heteroatoms. The molecule has 4 rings (SSSR count). The molecule has 0 saturated carbocycles. The number of hydrogen-bond acceptors (Lipinski definition) is 5. The molecule has 1 aliphatic rings. The van der Waals surface area contributed by atoms with Gasteiger partial charge in [0.25, 0.3) is 5.91 Å². The Balaban J connectivity index is 1.58. The van der Waals surface area contributed by atoms with Crippen LogP contribution in [0.4, 0.5) is 10.1 Å². The van der Waals surface area contributed by atoms with Crippen LogP contribution in [0, 0.1) is 5.82 Å². The third-order valence-electron chi connectivity index (χ3n) is 4.71. The highest BCUT2D eigenvalue weighted by Gasteiger charge is 2.33. The van der Waals surface area contributed by atoms with Gasteiger partial charge in [0.05, 0.1) is 22.2 Å². The van der Waals surface area contributed by atoms with Crippen molar-refractivity contribution in [3.8, 4) is 11.5 Å². The van der Waals surface area contributed by atoms with Gasteiger partial charge in [-0.25, -0.2) is 4.39 Å². The van der Waals surface area contributed by atoms with E-state index in [-0.39, 0.29) is 5.91 Å². The van der Waals surface area contributed by atoms with Gasteiger partial charge in [-0.2, -0.15) is 0 Å². The largest absolute Gasteiger partial charge is 0.493 e. The van der Waals surface area contributed by atoms with Crippen LogP contribution in [0.15, 0.2) is 74.5 Å². The van der Waals surface area contributed by atoms with Crippen molar-refractivity contribution >= 4 is 77.8 Å². The molecule has 0 spiro atoms. The minimum Gasteiger partial charge on any atom is -0.493 e. The predicted octanol–water partition coefficient (Wildman–Crippen LogP) is 7.34. The second-order valence-electron chi connectivity index (χ2n) is 6.95. The van der Waals surface area contributed by atoms with Gasteiger partial charge < -0.3 is 9.47 Å². The standard InChI is InChI=1S/C24H16Br2FNO3S2/c1-30-20-10-15(9-19(26)22(20)31-13-14-5-7-16(25)8-6-14)11-21-23(29)28(24(32)33-21)18-4-2-3-17(27)12-18/h2-12H,13H2,1H3/b21-11-. The zero-order valence-electron chi connectivity index (χ0n) is 17.2. The van der Waals surface area contributed by atoms with Crippen molar-refractivity contribution in [1.82, 2.24) is 0 Å². The average Bonchev–Trinajstić information content (AvgIpc) is 3.06. The van der Waals surface area contributed by atoms with Crippen LogP contribution in [0.1, 0.15) is 11.1 Å². The monoisotopic (exact) mass is 607 g/mol. The van der Waals surface area contributed by atoms with Gasteiger partial charge in [-0.15, -0.1) is 0 Å². The van der Waals surface area contributed by atoms with Crippen LogP contribution in [0.2, 0.25) is 0 Å². The van der Waals surface area contributed by atoms with E-state index in [1.54, 1.807) is 31.4 Å². The van der Waals surface area contributed by atoms with E-state index in [9.17, 15) is 9.18 Å². The summed E-state index contributed by atoms with van der Waals surface area (Å²) in [4.78, 5) is 14.7. The number of halogens is 3. The maximum Gasteiger partial charge on any atom is 0.270 e. The lowest BCUT2D eigenvalue weighted by molar-refractivity contribution is -0.113. The second kappa shape index (κ2) is 10.4. The zero-order valence-corrected chi connectivity index (χ0v) is 22.0. The third kappa shape index (κ3) is 5.48. The van der Waals surface area contributed by atoms with Crippen molar-refractivity contribution in [3.63, 3.8) is 0 Å². The molecule has 1 heterocycles. The number of rotatable bonds is 6. The van der Waals surface area contributed by atoms with Gasteiger partial charge in [0, 0.05) is 4.47 Å². The van der Waals surface area contributed by atoms with E-state index in [1.165, 1.54) is 17.0 Å². The highest BCUT2D eigenvalue weighted by atomic mass is 79.9. The lowest BCUT2D eigenvalue weighted by atomic mass is 10.1. The molecule has 0 atom stereocenters. The number of carbonyl (C=O) groups is 1. The molecule has 0 aliphatic carbocycles. The van der Waals surface area contributed by atoms with Gasteiger partial charge in [-0.1, -0.05) is 58.1 Å². The van der Waals surface area contributed by atoms with E-state index in [1.807, 2.05) is 30.3 Å². The van der Waals surface area contributed by atoms with E-state index >= 15 is 0 Å². The second-order valence-corrected chi connectivity index (χ2v) is 10.4. The van der Waals surface area contributed by atoms with Crippen LogP contribution in [-0.2, 0) is 11.4 Å². The number of carbonyl (C=O) groups excluding carboxylic acids is 1. The summed E-state index contributed by atoms with van der Waals surface area (Å²) in [5.41, 5.74) is 2.14. The number of anilines is 1. The Bertz CT molecular complexity index is 1270. The van der Waals surface area contributed by atoms with Gasteiger partial charge in [0.2, 0.25) is 0 Å². The predicted molar refractivity (Wildman–Crippen MR) is 141 cm³/mol. The molecule has 4 nitrogen and oxygen atoms in total. The molecular weight excluding hydrogens is 593 g/mol. The Morgan fingerprint density at radius 2 is 1.88 bits per heavy atom. The molecule has 1 amide bonds. The minimum atomic E-state index is -0.432. The molecule has 33 heavy (non-hydrogen) atoms. The number of thiocarbonyl (C=S) groups is 1. The Hall–Kier alpha value is -2.20. The number of thioether (sulfide) groups is 1. The van der Waals surface area contributed by atoms with Crippen molar-refractivity contribution in [2.75, 3.05) is 12.0 Å². The minimum absolute atomic E-state index is 0.304. The zero-order chi connectivity index (χ0) is 23.5. The first kappa shape index (κ1) is 23.9. The Labute approximate surface area is 217 Å². The van der Waals surface area contributed by atoms with Crippen molar-refractivity contribution < 1.29 is 18.7 Å². The van der Waals surface area contributed by atoms with Gasteiger partial charge in [0.1, 0.15) is 12.4 Å². The molecule has 3 aromatic rings. The Morgan fingerprint density at radius 3 is 2.58 bits per heavy atom. The molecule has 1 fully saturated rings. The number of methoxy groups -OCH3 is 1. The smallest absolute Gasteiger partial charge is 0.270 e. The molecule has 1 aliphatic heterocycles. The fourth-order valence-electron chi connectivity index (χ4n) is 3.16. The van der Waals surface area contributed by atoms with E-state index < -0.39 is 5.82 Å². The molecule has 1 saturated heterocycles. The summed E-state index contributed by atoms with van der Waals surface area (Å²) in [5.74, 6) is 0.345. The van der Waals surface area contributed by atoms with Crippen LogP contribution >= 0.6 is 55.8 Å². The lowest BCUT2D eigenvalue weighted by Gasteiger charge is -2.14. The highest BCUT2D eigenvalue weighted by Crippen LogP contribution is 2.40. The molecule has 0 bridgehead atoms. The molecule has 3 aromatic carbocycles. The van der Waals surface area contributed by atoms with Gasteiger partial charge >= 0.3 is 0 Å². The van der Waals surface area contributed by atoms with Crippen LogP contribution in [0.3, 0.4) is 0 Å². The lowest BCUT2D eigenvalue weighted by Crippen LogP contribution is -2.27. The fourth-order valence-corrected chi connectivity index (χ4v) is 5.29. The molecular formula is C24H16Br2FNO3S2. The number of benzene rings is 3. The summed E-state index contributed by atoms with van der Waals surface area (Å²) in [5, 5.41) is 0. The fraction of sp³-hybridized carbons (Fsp3) is 0.0833. The summed E-state index contributed by atoms with van der Waals surface area (Å²) < 4.78 is 27.2. The summed E-state index contributed by atoms with van der Waals surface area (Å²) in [6, 6.07) is 17.3. The average molecular weight is 609 g/mol. The van der Waals surface area contributed by atoms with E-state index in [4.69, 9.17) is 21.7 Å². The molecule has 168 valence electrons. The van der Waals surface area contributed by atoms with Crippen molar-refractivity contribution in [1.29, 1.82) is 0 Å². The van der Waals surface area contributed by atoms with Crippen LogP contribution in [0.25, 0.3) is 6.08 Å². The van der Waals surface area contributed by atoms with Crippen LogP contribution in [-0.4, -0.2) is 17.3 Å². The number of amides is 1. The van der Waals surface area contributed by atoms with E-state index in [0.717, 1.165) is 27.4 Å². The molecule has 0 unspecified atom stereocenters. The van der Waals surface area contributed by atoms with E-state index in [2.05, 4.69) is 31.9 Å². The first-order chi connectivity index (χ1) is 15.9. The first-order valence-electron chi connectivity index (χ1n) is 9.64.